The fraction of sp³-hybridized carbons (Fsp3) is 0.905. The van der Waals surface area contributed by atoms with Gasteiger partial charge in [0.1, 0.15) is 67.3 Å². The van der Waals surface area contributed by atoms with E-state index in [1.165, 1.54) is 7.11 Å². The third-order valence-electron chi connectivity index (χ3n) is 16.1. The minimum absolute atomic E-state index is 0.0130. The number of fused-ring (bicyclic) bond motifs is 3. The highest BCUT2D eigenvalue weighted by molar-refractivity contribution is 5.93. The first kappa shape index (κ1) is 43.9. The van der Waals surface area contributed by atoms with Gasteiger partial charge < -0.3 is 73.6 Å². The summed E-state index contributed by atoms with van der Waals surface area (Å²) < 4.78 is 47.2. The normalized spacial score (nSPS) is 52.6. The molecule has 1 spiro atoms. The zero-order valence-electron chi connectivity index (χ0n) is 34.4. The fourth-order valence-corrected chi connectivity index (χ4v) is 12.7. The maximum Gasteiger partial charge on any atom is 0.331 e. The summed E-state index contributed by atoms with van der Waals surface area (Å²) in [6.07, 6.45) is -7.97. The number of aliphatic hydroxyl groups is 7. The molecule has 4 saturated carbocycles. The average molecular weight is 841 g/mol. The van der Waals surface area contributed by atoms with E-state index in [2.05, 4.69) is 13.8 Å². The quantitative estimate of drug-likeness (QED) is 0.113. The fourth-order valence-electron chi connectivity index (χ4n) is 12.7. The molecule has 4 aliphatic carbocycles. The number of carbonyl (C=O) groups excluding carboxylic acids is 2. The lowest BCUT2D eigenvalue weighted by Crippen LogP contribution is -2.64. The number of hydrogen-bond acceptors (Lipinski definition) is 17. The molecule has 4 aliphatic heterocycles. The summed E-state index contributed by atoms with van der Waals surface area (Å²) in [7, 11) is 1.54. The number of ether oxygens (including phenoxy) is 8. The van der Waals surface area contributed by atoms with Crippen molar-refractivity contribution >= 4 is 11.8 Å². The van der Waals surface area contributed by atoms with E-state index < -0.39 is 105 Å². The van der Waals surface area contributed by atoms with Crippen LogP contribution in [-0.2, 0) is 47.5 Å². The van der Waals surface area contributed by atoms with E-state index in [9.17, 15) is 45.3 Å². The molecular weight excluding hydrogens is 776 g/mol. The minimum Gasteiger partial charge on any atom is -0.458 e. The van der Waals surface area contributed by atoms with Gasteiger partial charge in [-0.2, -0.15) is 0 Å². The largest absolute Gasteiger partial charge is 0.458 e. The molecule has 0 aromatic rings. The molecule has 17 heteroatoms. The number of cyclic esters (lactones) is 1. The Labute approximate surface area is 344 Å². The Morgan fingerprint density at radius 3 is 2.17 bits per heavy atom. The van der Waals surface area contributed by atoms with Crippen LogP contribution in [0.1, 0.15) is 85.0 Å². The van der Waals surface area contributed by atoms with Crippen molar-refractivity contribution in [3.63, 3.8) is 0 Å². The van der Waals surface area contributed by atoms with Crippen molar-refractivity contribution in [3.05, 3.63) is 11.6 Å². The van der Waals surface area contributed by atoms with Crippen molar-refractivity contribution in [2.75, 3.05) is 26.9 Å². The van der Waals surface area contributed by atoms with E-state index in [-0.39, 0.29) is 28.8 Å². The molecule has 4 heterocycles. The van der Waals surface area contributed by atoms with Crippen molar-refractivity contribution < 1.29 is 83.2 Å². The van der Waals surface area contributed by atoms with Crippen molar-refractivity contribution in [2.45, 2.75) is 177 Å². The summed E-state index contributed by atoms with van der Waals surface area (Å²) in [5, 5.41) is 72.4. The molecular formula is C42H64O17. The highest BCUT2D eigenvalue weighted by Crippen LogP contribution is 2.70. The van der Waals surface area contributed by atoms with Crippen LogP contribution in [0.2, 0.25) is 0 Å². The summed E-state index contributed by atoms with van der Waals surface area (Å²) in [5.41, 5.74) is 0.201. The SMILES string of the molecule is CO[C@H]1CC(OC2CCC3(C)C(CCC45CCC(C6=CC(=O)OC6)C(C)(CCC43)C5=O)C2)O[C@@H](C)[C@H]1O[C@H]1O[C@@H](CO[C@H]2O[C@@H](CO)[C@H](O)[C@@H](O)[C@@H]2O)[C@H](O)[C@@H](O)[C@@H]1O. The molecule has 3 saturated heterocycles. The minimum atomic E-state index is -1.71. The molecule has 59 heavy (non-hydrogen) atoms. The monoisotopic (exact) mass is 840 g/mol. The van der Waals surface area contributed by atoms with Crippen LogP contribution < -0.4 is 0 Å². The van der Waals surface area contributed by atoms with Crippen LogP contribution in [0, 0.1) is 34.0 Å². The molecule has 7 fully saturated rings. The zero-order chi connectivity index (χ0) is 42.2. The van der Waals surface area contributed by atoms with E-state index in [0.29, 0.717) is 30.6 Å². The van der Waals surface area contributed by atoms with Gasteiger partial charge in [0.2, 0.25) is 0 Å². The Hall–Kier alpha value is -1.68. The van der Waals surface area contributed by atoms with Gasteiger partial charge >= 0.3 is 5.97 Å². The first-order valence-electron chi connectivity index (χ1n) is 21.6. The third kappa shape index (κ3) is 7.55. The van der Waals surface area contributed by atoms with Gasteiger partial charge in [0.05, 0.1) is 31.5 Å². The number of methoxy groups -OCH3 is 1. The second-order valence-electron chi connectivity index (χ2n) is 19.1. The lowest BCUT2D eigenvalue weighted by molar-refractivity contribution is -0.355. The summed E-state index contributed by atoms with van der Waals surface area (Å²) in [6.45, 7) is 5.49. The maximum absolute atomic E-state index is 14.6. The van der Waals surface area contributed by atoms with Crippen LogP contribution in [0.15, 0.2) is 11.6 Å². The average Bonchev–Trinajstić information content (AvgIpc) is 3.64. The Bertz CT molecular complexity index is 1580. The van der Waals surface area contributed by atoms with Gasteiger partial charge in [-0.05, 0) is 93.5 Å². The molecule has 0 radical (unpaired) electrons. The molecule has 21 atom stereocenters. The predicted octanol–water partition coefficient (Wildman–Crippen LogP) is -0.00400. The Balaban J connectivity index is 0.863. The molecule has 8 rings (SSSR count). The van der Waals surface area contributed by atoms with Crippen LogP contribution in [0.5, 0.6) is 0 Å². The van der Waals surface area contributed by atoms with Gasteiger partial charge in [0, 0.05) is 30.4 Å². The first-order valence-corrected chi connectivity index (χ1v) is 21.6. The van der Waals surface area contributed by atoms with Crippen LogP contribution in [0.4, 0.5) is 0 Å². The van der Waals surface area contributed by atoms with Crippen LogP contribution in [0.3, 0.4) is 0 Å². The van der Waals surface area contributed by atoms with E-state index in [1.807, 2.05) is 0 Å². The van der Waals surface area contributed by atoms with Crippen LogP contribution >= 0.6 is 0 Å². The van der Waals surface area contributed by atoms with Gasteiger partial charge in [0.25, 0.3) is 0 Å². The zero-order valence-corrected chi connectivity index (χ0v) is 34.4. The molecule has 2 bridgehead atoms. The van der Waals surface area contributed by atoms with Crippen molar-refractivity contribution in [1.82, 2.24) is 0 Å². The van der Waals surface area contributed by atoms with Crippen molar-refractivity contribution in [2.24, 2.45) is 34.0 Å². The molecule has 17 nitrogen and oxygen atoms in total. The number of hydrogen-bond donors (Lipinski definition) is 7. The molecule has 334 valence electrons. The Morgan fingerprint density at radius 1 is 0.780 bits per heavy atom. The number of aliphatic hydroxyl groups excluding tert-OH is 7. The second kappa shape index (κ2) is 16.8. The lowest BCUT2D eigenvalue weighted by Gasteiger charge is -2.66. The van der Waals surface area contributed by atoms with E-state index in [1.54, 1.807) is 13.0 Å². The first-order chi connectivity index (χ1) is 28.0. The number of ketones is 1. The highest BCUT2D eigenvalue weighted by atomic mass is 16.8. The van der Waals surface area contributed by atoms with Gasteiger partial charge in [0.15, 0.2) is 18.9 Å². The highest BCUT2D eigenvalue weighted by Gasteiger charge is 2.68. The number of esters is 1. The van der Waals surface area contributed by atoms with Gasteiger partial charge in [-0.1, -0.05) is 13.8 Å². The van der Waals surface area contributed by atoms with Crippen molar-refractivity contribution in [3.8, 4) is 0 Å². The van der Waals surface area contributed by atoms with Crippen LogP contribution in [-0.4, -0.2) is 167 Å². The molecule has 0 aromatic heterocycles. The lowest BCUT2D eigenvalue weighted by atomic mass is 9.37. The number of carbonyl (C=O) groups is 2. The van der Waals surface area contributed by atoms with Gasteiger partial charge in [-0.25, -0.2) is 4.79 Å². The second-order valence-corrected chi connectivity index (χ2v) is 19.1. The number of Topliss-reactive ketones (excluding diaryl/α,β-unsaturated/α-hetero) is 1. The molecule has 8 unspecified atom stereocenters. The van der Waals surface area contributed by atoms with Gasteiger partial charge in [-0.15, -0.1) is 0 Å². The molecule has 7 N–H and O–H groups in total. The standard InChI is InChI=1S/C42H64O17/c1-19-36(59-38-35(50)33(48)31(46)26(58-38)18-54-37-34(49)32(47)30(45)25(16-43)57-37)24(52-4)15-29(55-19)56-22-6-9-40(2)21(14-22)5-11-42-12-7-23(20-13-28(44)53-17-20)41(3,39(42)51)10-8-27(40)42/h13,19,21-27,29-38,43,45-50H,5-12,14-18H2,1-4H3/t19-,21?,22?,23?,24-,25-,26-,27?,29?,30-,31-,32+,33+,34-,35-,36+,37-,38+,40?,41?,42?/m0/s1. The smallest absolute Gasteiger partial charge is 0.331 e. The summed E-state index contributed by atoms with van der Waals surface area (Å²) in [4.78, 5) is 26.6. The van der Waals surface area contributed by atoms with Gasteiger partial charge in [-0.3, -0.25) is 4.79 Å². The maximum atomic E-state index is 14.6. The molecule has 8 aliphatic rings. The van der Waals surface area contributed by atoms with E-state index in [0.717, 1.165) is 63.4 Å². The topological polar surface area (TPSA) is 250 Å². The molecule has 0 aromatic carbocycles. The van der Waals surface area contributed by atoms with E-state index in [4.69, 9.17) is 37.9 Å². The molecule has 0 amide bonds. The van der Waals surface area contributed by atoms with E-state index >= 15 is 0 Å². The predicted molar refractivity (Wildman–Crippen MR) is 201 cm³/mol. The summed E-state index contributed by atoms with van der Waals surface area (Å²) in [6, 6.07) is 0. The summed E-state index contributed by atoms with van der Waals surface area (Å²) >= 11 is 0. The number of rotatable bonds is 10. The summed E-state index contributed by atoms with van der Waals surface area (Å²) in [5.74, 6) is 0.866. The Kier molecular flexibility index (Phi) is 12.5. The van der Waals surface area contributed by atoms with Crippen molar-refractivity contribution in [1.29, 1.82) is 0 Å². The third-order valence-corrected chi connectivity index (χ3v) is 16.1. The Morgan fingerprint density at radius 2 is 1.47 bits per heavy atom. The van der Waals surface area contributed by atoms with Crippen LogP contribution in [0.25, 0.3) is 0 Å².